The van der Waals surface area contributed by atoms with E-state index in [0.717, 1.165) is 10.2 Å². The van der Waals surface area contributed by atoms with Crippen LogP contribution < -0.4 is 5.73 Å². The Morgan fingerprint density at radius 2 is 2.14 bits per heavy atom. The summed E-state index contributed by atoms with van der Waals surface area (Å²) in [6.07, 6.45) is 1.49. The van der Waals surface area contributed by atoms with E-state index in [4.69, 9.17) is 5.73 Å². The van der Waals surface area contributed by atoms with E-state index >= 15 is 0 Å². The van der Waals surface area contributed by atoms with Gasteiger partial charge in [-0.25, -0.2) is 12.4 Å². The standard InChI is InChI=1S/C8H14N2O3S/c1-6(9)8(11)7-4-3-5-10(7)14(2,12)13/h3-6,8,11H,9H2,1-2H3. The first-order chi connectivity index (χ1) is 6.34. The third kappa shape index (κ3) is 2.14. The van der Waals surface area contributed by atoms with Gasteiger partial charge in [-0.2, -0.15) is 0 Å². The van der Waals surface area contributed by atoms with Crippen LogP contribution in [0, 0.1) is 0 Å². The Labute approximate surface area is 83.2 Å². The van der Waals surface area contributed by atoms with Crippen molar-refractivity contribution in [1.29, 1.82) is 0 Å². The second kappa shape index (κ2) is 3.72. The van der Waals surface area contributed by atoms with Gasteiger partial charge in [-0.05, 0) is 19.1 Å². The van der Waals surface area contributed by atoms with Crippen molar-refractivity contribution in [2.75, 3.05) is 6.26 Å². The van der Waals surface area contributed by atoms with E-state index in [0.29, 0.717) is 5.69 Å². The third-order valence-corrected chi connectivity index (χ3v) is 2.95. The summed E-state index contributed by atoms with van der Waals surface area (Å²) in [5.41, 5.74) is 5.78. The molecule has 1 heterocycles. The van der Waals surface area contributed by atoms with Crippen molar-refractivity contribution in [2.45, 2.75) is 19.1 Å². The quantitative estimate of drug-likeness (QED) is 0.728. The van der Waals surface area contributed by atoms with Crippen LogP contribution in [-0.2, 0) is 10.0 Å². The maximum atomic E-state index is 11.3. The van der Waals surface area contributed by atoms with Crippen LogP contribution in [0.1, 0.15) is 18.7 Å². The minimum Gasteiger partial charge on any atom is -0.385 e. The van der Waals surface area contributed by atoms with Gasteiger partial charge in [0.1, 0.15) is 6.10 Å². The molecular formula is C8H14N2O3S. The molecule has 1 aromatic rings. The molecule has 6 heteroatoms. The summed E-state index contributed by atoms with van der Waals surface area (Å²) in [6.45, 7) is 1.62. The topological polar surface area (TPSA) is 85.3 Å². The smallest absolute Gasteiger partial charge is 0.235 e. The van der Waals surface area contributed by atoms with E-state index in [9.17, 15) is 13.5 Å². The van der Waals surface area contributed by atoms with Gasteiger partial charge in [-0.1, -0.05) is 0 Å². The Kier molecular flexibility index (Phi) is 2.98. The predicted octanol–water partition coefficient (Wildman–Crippen LogP) is -0.324. The zero-order valence-corrected chi connectivity index (χ0v) is 8.90. The van der Waals surface area contributed by atoms with Crippen LogP contribution in [0.5, 0.6) is 0 Å². The first-order valence-electron chi connectivity index (χ1n) is 4.15. The number of aliphatic hydroxyl groups is 1. The van der Waals surface area contributed by atoms with Crippen LogP contribution in [0.2, 0.25) is 0 Å². The number of aromatic nitrogens is 1. The highest BCUT2D eigenvalue weighted by Crippen LogP contribution is 2.17. The van der Waals surface area contributed by atoms with Crippen molar-refractivity contribution < 1.29 is 13.5 Å². The Balaban J connectivity index is 3.18. The molecule has 14 heavy (non-hydrogen) atoms. The number of hydrogen-bond acceptors (Lipinski definition) is 4. The Hall–Kier alpha value is -0.850. The molecule has 3 N–H and O–H groups in total. The highest BCUT2D eigenvalue weighted by molar-refractivity contribution is 7.89. The van der Waals surface area contributed by atoms with E-state index in [1.165, 1.54) is 12.3 Å². The zero-order valence-electron chi connectivity index (χ0n) is 8.08. The fourth-order valence-corrected chi connectivity index (χ4v) is 2.02. The first kappa shape index (κ1) is 11.2. The zero-order chi connectivity index (χ0) is 10.9. The fourth-order valence-electron chi connectivity index (χ4n) is 1.18. The first-order valence-corrected chi connectivity index (χ1v) is 6.00. The molecule has 0 saturated carbocycles. The minimum atomic E-state index is -3.37. The monoisotopic (exact) mass is 218 g/mol. The molecule has 5 nitrogen and oxygen atoms in total. The van der Waals surface area contributed by atoms with Crippen molar-refractivity contribution in [3.63, 3.8) is 0 Å². The molecule has 0 aliphatic rings. The maximum absolute atomic E-state index is 11.3. The molecule has 2 unspecified atom stereocenters. The molecule has 0 spiro atoms. The van der Waals surface area contributed by atoms with Gasteiger partial charge in [0.05, 0.1) is 11.9 Å². The number of nitrogens with two attached hydrogens (primary N) is 1. The summed E-state index contributed by atoms with van der Waals surface area (Å²) >= 11 is 0. The Morgan fingerprint density at radius 1 is 1.57 bits per heavy atom. The molecule has 0 saturated heterocycles. The van der Waals surface area contributed by atoms with Crippen molar-refractivity contribution >= 4 is 10.0 Å². The summed E-state index contributed by atoms with van der Waals surface area (Å²) in [6, 6.07) is 2.59. The van der Waals surface area contributed by atoms with Crippen LogP contribution in [0.15, 0.2) is 18.3 Å². The van der Waals surface area contributed by atoms with E-state index in [-0.39, 0.29) is 0 Å². The summed E-state index contributed by atoms with van der Waals surface area (Å²) in [4.78, 5) is 0. The predicted molar refractivity (Wildman–Crippen MR) is 53.3 cm³/mol. The molecule has 1 aromatic heterocycles. The molecule has 0 fully saturated rings. The van der Waals surface area contributed by atoms with Gasteiger partial charge >= 0.3 is 0 Å². The van der Waals surface area contributed by atoms with Gasteiger partial charge < -0.3 is 10.8 Å². The summed E-state index contributed by atoms with van der Waals surface area (Å²) in [7, 11) is -3.37. The van der Waals surface area contributed by atoms with Gasteiger partial charge in [0.15, 0.2) is 0 Å². The molecule has 1 rings (SSSR count). The number of aliphatic hydroxyl groups excluding tert-OH is 1. The molecular weight excluding hydrogens is 204 g/mol. The van der Waals surface area contributed by atoms with Crippen LogP contribution in [0.4, 0.5) is 0 Å². The average Bonchev–Trinajstić information content (AvgIpc) is 2.48. The second-order valence-corrected chi connectivity index (χ2v) is 5.16. The lowest BCUT2D eigenvalue weighted by atomic mass is 10.1. The second-order valence-electron chi connectivity index (χ2n) is 3.30. The minimum absolute atomic E-state index is 0.294. The van der Waals surface area contributed by atoms with Crippen molar-refractivity contribution in [3.8, 4) is 0 Å². The van der Waals surface area contributed by atoms with Crippen molar-refractivity contribution in [2.24, 2.45) is 5.73 Å². The lowest BCUT2D eigenvalue weighted by Gasteiger charge is -2.16. The molecule has 0 aliphatic heterocycles. The number of hydrogen-bond donors (Lipinski definition) is 2. The molecule has 0 radical (unpaired) electrons. The molecule has 0 aromatic carbocycles. The van der Waals surface area contributed by atoms with E-state index in [2.05, 4.69) is 0 Å². The summed E-state index contributed by atoms with van der Waals surface area (Å²) in [5.74, 6) is 0. The number of nitrogens with zero attached hydrogens (tertiary/aromatic N) is 1. The van der Waals surface area contributed by atoms with Crippen LogP contribution in [0.3, 0.4) is 0 Å². The van der Waals surface area contributed by atoms with Crippen LogP contribution in [-0.4, -0.2) is 29.8 Å². The lowest BCUT2D eigenvalue weighted by molar-refractivity contribution is 0.148. The van der Waals surface area contributed by atoms with Crippen LogP contribution in [0.25, 0.3) is 0 Å². The van der Waals surface area contributed by atoms with E-state index < -0.39 is 22.2 Å². The molecule has 80 valence electrons. The summed E-state index contributed by atoms with van der Waals surface area (Å²) < 4.78 is 23.5. The van der Waals surface area contributed by atoms with Gasteiger partial charge in [-0.3, -0.25) is 0 Å². The maximum Gasteiger partial charge on any atom is 0.235 e. The molecule has 0 aliphatic carbocycles. The van der Waals surface area contributed by atoms with Crippen molar-refractivity contribution in [1.82, 2.24) is 3.97 Å². The van der Waals surface area contributed by atoms with Crippen molar-refractivity contribution in [3.05, 3.63) is 24.0 Å². The molecule has 2 atom stereocenters. The normalized spacial score (nSPS) is 16.6. The van der Waals surface area contributed by atoms with E-state index in [1.54, 1.807) is 13.0 Å². The molecule has 0 bridgehead atoms. The van der Waals surface area contributed by atoms with E-state index in [1.807, 2.05) is 0 Å². The Bertz CT molecular complexity index is 408. The lowest BCUT2D eigenvalue weighted by Crippen LogP contribution is -2.27. The Morgan fingerprint density at radius 3 is 2.57 bits per heavy atom. The SMILES string of the molecule is CC(N)C(O)c1cccn1S(C)(=O)=O. The van der Waals surface area contributed by atoms with Gasteiger partial charge in [-0.15, -0.1) is 0 Å². The van der Waals surface area contributed by atoms with Gasteiger partial charge in [0.25, 0.3) is 0 Å². The summed E-state index contributed by atoms with van der Waals surface area (Å²) in [5, 5.41) is 9.62. The largest absolute Gasteiger partial charge is 0.385 e. The van der Waals surface area contributed by atoms with Crippen LogP contribution >= 0.6 is 0 Å². The van der Waals surface area contributed by atoms with Gasteiger partial charge in [0.2, 0.25) is 10.0 Å². The fraction of sp³-hybridized carbons (Fsp3) is 0.500. The highest BCUT2D eigenvalue weighted by Gasteiger charge is 2.19. The molecule has 0 amide bonds. The average molecular weight is 218 g/mol. The van der Waals surface area contributed by atoms with Gasteiger partial charge in [0, 0.05) is 12.2 Å². The third-order valence-electron chi connectivity index (χ3n) is 1.90. The number of rotatable bonds is 3. The highest BCUT2D eigenvalue weighted by atomic mass is 32.2.